The minimum atomic E-state index is -0.453. The van der Waals surface area contributed by atoms with Gasteiger partial charge in [0.2, 0.25) is 0 Å². The lowest BCUT2D eigenvalue weighted by Gasteiger charge is -2.11. The van der Waals surface area contributed by atoms with Crippen LogP contribution in [0.4, 0.5) is 0 Å². The Bertz CT molecular complexity index is 678. The highest BCUT2D eigenvalue weighted by Crippen LogP contribution is 2.02. The van der Waals surface area contributed by atoms with Crippen LogP contribution < -0.4 is 16.6 Å². The van der Waals surface area contributed by atoms with E-state index in [2.05, 4.69) is 10.3 Å². The highest BCUT2D eigenvalue weighted by molar-refractivity contribution is 5.93. The minimum absolute atomic E-state index is 0.0154. The summed E-state index contributed by atoms with van der Waals surface area (Å²) < 4.78 is 1.36. The molecule has 0 unspecified atom stereocenters. The van der Waals surface area contributed by atoms with Crippen molar-refractivity contribution >= 4 is 11.6 Å². The summed E-state index contributed by atoms with van der Waals surface area (Å²) in [4.78, 5) is 28.2. The summed E-state index contributed by atoms with van der Waals surface area (Å²) in [5.41, 5.74) is 6.59. The number of nitrogens with one attached hydrogen (secondary N) is 1. The van der Waals surface area contributed by atoms with E-state index >= 15 is 0 Å². The zero-order valence-corrected chi connectivity index (χ0v) is 10.9. The molecule has 1 amide bonds. The molecule has 6 nitrogen and oxygen atoms in total. The summed E-state index contributed by atoms with van der Waals surface area (Å²) in [5, 5.41) is 2.65. The molecule has 2 aromatic rings. The molecule has 3 N–H and O–H groups in total. The van der Waals surface area contributed by atoms with E-state index < -0.39 is 5.91 Å². The van der Waals surface area contributed by atoms with Gasteiger partial charge < -0.3 is 11.1 Å². The first-order valence-corrected chi connectivity index (χ1v) is 6.02. The summed E-state index contributed by atoms with van der Waals surface area (Å²) in [7, 11) is 0. The van der Waals surface area contributed by atoms with Gasteiger partial charge in [-0.1, -0.05) is 0 Å². The summed E-state index contributed by atoms with van der Waals surface area (Å²) in [6.45, 7) is 4.00. The molecular weight excluding hydrogens is 244 g/mol. The summed E-state index contributed by atoms with van der Waals surface area (Å²) in [6.07, 6.45) is 2.92. The fourth-order valence-electron chi connectivity index (χ4n) is 1.69. The molecule has 0 aliphatic rings. The van der Waals surface area contributed by atoms with Gasteiger partial charge in [-0.05, 0) is 31.5 Å². The number of nitrogens with zero attached hydrogens (tertiary/aromatic N) is 2. The number of hydrogen-bond acceptors (Lipinski definition) is 4. The monoisotopic (exact) mass is 260 g/mol. The molecule has 2 heterocycles. The molecule has 6 heteroatoms. The van der Waals surface area contributed by atoms with Crippen LogP contribution in [-0.4, -0.2) is 27.9 Å². The van der Waals surface area contributed by atoms with Crippen LogP contribution in [0.15, 0.2) is 29.3 Å². The van der Waals surface area contributed by atoms with Crippen LogP contribution in [0, 0.1) is 6.92 Å². The fraction of sp³-hybridized carbons (Fsp3) is 0.308. The largest absolute Gasteiger partial charge is 0.348 e. The van der Waals surface area contributed by atoms with Crippen LogP contribution in [0.3, 0.4) is 0 Å². The van der Waals surface area contributed by atoms with Crippen molar-refractivity contribution in [2.75, 3.05) is 6.54 Å². The number of amides is 1. The van der Waals surface area contributed by atoms with Crippen LogP contribution in [0.1, 0.15) is 22.8 Å². The van der Waals surface area contributed by atoms with Gasteiger partial charge in [0.05, 0.1) is 0 Å². The SMILES string of the molecule is Cc1ccn2c(=O)c(C(=O)N[C@@H](C)CN)cnc2c1. The van der Waals surface area contributed by atoms with Gasteiger partial charge in [-0.25, -0.2) is 4.98 Å². The number of aryl methyl sites for hydroxylation is 1. The lowest BCUT2D eigenvalue weighted by atomic mass is 10.2. The second kappa shape index (κ2) is 5.19. The Balaban J connectivity index is 2.46. The maximum Gasteiger partial charge on any atom is 0.270 e. The zero-order valence-electron chi connectivity index (χ0n) is 10.9. The molecule has 0 saturated carbocycles. The first-order valence-electron chi connectivity index (χ1n) is 6.02. The molecule has 19 heavy (non-hydrogen) atoms. The number of nitrogens with two attached hydrogens (primary N) is 1. The van der Waals surface area contributed by atoms with E-state index in [1.807, 2.05) is 6.92 Å². The maximum atomic E-state index is 12.2. The number of carbonyl (C=O) groups is 1. The topological polar surface area (TPSA) is 89.5 Å². The van der Waals surface area contributed by atoms with E-state index in [1.54, 1.807) is 25.3 Å². The Morgan fingerprint density at radius 1 is 1.58 bits per heavy atom. The van der Waals surface area contributed by atoms with Gasteiger partial charge in [-0.15, -0.1) is 0 Å². The molecule has 0 radical (unpaired) electrons. The fourth-order valence-corrected chi connectivity index (χ4v) is 1.69. The number of aromatic nitrogens is 2. The smallest absolute Gasteiger partial charge is 0.270 e. The van der Waals surface area contributed by atoms with E-state index in [4.69, 9.17) is 5.73 Å². The van der Waals surface area contributed by atoms with E-state index in [9.17, 15) is 9.59 Å². The van der Waals surface area contributed by atoms with E-state index in [-0.39, 0.29) is 17.2 Å². The van der Waals surface area contributed by atoms with Gasteiger partial charge in [0.25, 0.3) is 11.5 Å². The van der Waals surface area contributed by atoms with Crippen molar-refractivity contribution in [3.8, 4) is 0 Å². The Hall–Kier alpha value is -2.21. The number of carbonyl (C=O) groups excluding carboxylic acids is 1. The molecule has 0 aliphatic heterocycles. The molecule has 0 spiro atoms. The van der Waals surface area contributed by atoms with Crippen molar-refractivity contribution in [3.63, 3.8) is 0 Å². The lowest BCUT2D eigenvalue weighted by molar-refractivity contribution is 0.0939. The number of rotatable bonds is 3. The van der Waals surface area contributed by atoms with Crippen molar-refractivity contribution in [2.24, 2.45) is 5.73 Å². The van der Waals surface area contributed by atoms with Crippen molar-refractivity contribution in [1.82, 2.24) is 14.7 Å². The van der Waals surface area contributed by atoms with E-state index in [0.717, 1.165) is 5.56 Å². The second-order valence-corrected chi connectivity index (χ2v) is 4.52. The van der Waals surface area contributed by atoms with Gasteiger partial charge >= 0.3 is 0 Å². The van der Waals surface area contributed by atoms with Crippen LogP contribution in [0.2, 0.25) is 0 Å². The highest BCUT2D eigenvalue weighted by Gasteiger charge is 2.14. The molecule has 100 valence electrons. The van der Waals surface area contributed by atoms with Crippen molar-refractivity contribution in [2.45, 2.75) is 19.9 Å². The average Bonchev–Trinajstić information content (AvgIpc) is 2.38. The highest BCUT2D eigenvalue weighted by atomic mass is 16.2. The van der Waals surface area contributed by atoms with Gasteiger partial charge in [0.15, 0.2) is 0 Å². The third kappa shape index (κ3) is 2.63. The number of fused-ring (bicyclic) bond motifs is 1. The first kappa shape index (κ1) is 13.2. The lowest BCUT2D eigenvalue weighted by Crippen LogP contribution is -2.40. The number of hydrogen-bond donors (Lipinski definition) is 2. The minimum Gasteiger partial charge on any atom is -0.348 e. The predicted molar refractivity (Wildman–Crippen MR) is 72.2 cm³/mol. The van der Waals surface area contributed by atoms with E-state index in [0.29, 0.717) is 12.2 Å². The van der Waals surface area contributed by atoms with Gasteiger partial charge in [-0.3, -0.25) is 14.0 Å². The molecule has 0 aliphatic carbocycles. The molecule has 2 aromatic heterocycles. The Kier molecular flexibility index (Phi) is 3.62. The predicted octanol–water partition coefficient (Wildman–Crippen LogP) is 0.0799. The summed E-state index contributed by atoms with van der Waals surface area (Å²) in [6, 6.07) is 3.39. The number of pyridine rings is 1. The third-order valence-corrected chi connectivity index (χ3v) is 2.84. The third-order valence-electron chi connectivity index (χ3n) is 2.84. The Morgan fingerprint density at radius 3 is 3.00 bits per heavy atom. The molecule has 1 atom stereocenters. The average molecular weight is 260 g/mol. The molecule has 0 aromatic carbocycles. The van der Waals surface area contributed by atoms with E-state index in [1.165, 1.54) is 10.6 Å². The van der Waals surface area contributed by atoms with Gasteiger partial charge in [0, 0.05) is 25.0 Å². The zero-order chi connectivity index (χ0) is 14.0. The maximum absolute atomic E-state index is 12.2. The Labute approximate surface area is 110 Å². The van der Waals surface area contributed by atoms with Crippen molar-refractivity contribution in [3.05, 3.63) is 46.0 Å². The quantitative estimate of drug-likeness (QED) is 0.818. The van der Waals surface area contributed by atoms with Crippen molar-refractivity contribution < 1.29 is 4.79 Å². The molecule has 2 rings (SSSR count). The molecular formula is C13H16N4O2. The molecule has 0 bridgehead atoms. The first-order chi connectivity index (χ1) is 9.02. The second-order valence-electron chi connectivity index (χ2n) is 4.52. The summed E-state index contributed by atoms with van der Waals surface area (Å²) in [5.74, 6) is -0.453. The van der Waals surface area contributed by atoms with Gasteiger partial charge in [0.1, 0.15) is 11.2 Å². The normalized spacial score (nSPS) is 12.4. The summed E-state index contributed by atoms with van der Waals surface area (Å²) >= 11 is 0. The molecule has 0 fully saturated rings. The standard InChI is InChI=1S/C13H16N4O2/c1-8-3-4-17-11(5-8)15-7-10(13(17)19)12(18)16-9(2)6-14/h3-5,7,9H,6,14H2,1-2H3,(H,16,18)/t9-/m0/s1. The van der Waals surface area contributed by atoms with Crippen LogP contribution in [0.5, 0.6) is 0 Å². The van der Waals surface area contributed by atoms with Crippen LogP contribution in [0.25, 0.3) is 5.65 Å². The van der Waals surface area contributed by atoms with Gasteiger partial charge in [-0.2, -0.15) is 0 Å². The van der Waals surface area contributed by atoms with Crippen molar-refractivity contribution in [1.29, 1.82) is 0 Å². The Morgan fingerprint density at radius 2 is 2.32 bits per heavy atom. The molecule has 0 saturated heterocycles. The van der Waals surface area contributed by atoms with Crippen LogP contribution >= 0.6 is 0 Å². The van der Waals surface area contributed by atoms with Crippen LogP contribution in [-0.2, 0) is 0 Å².